The van der Waals surface area contributed by atoms with E-state index < -0.39 is 0 Å². The molecular formula is C12H12N4O. The number of carbonyl (C=O) groups excluding carboxylic acids is 1. The average molecular weight is 228 g/mol. The Morgan fingerprint density at radius 1 is 1.47 bits per heavy atom. The van der Waals surface area contributed by atoms with Gasteiger partial charge in [-0.1, -0.05) is 0 Å². The molecule has 0 aliphatic carbocycles. The molecule has 0 spiro atoms. The third-order valence-corrected chi connectivity index (χ3v) is 2.62. The van der Waals surface area contributed by atoms with Crippen LogP contribution in [0, 0.1) is 6.57 Å². The summed E-state index contributed by atoms with van der Waals surface area (Å²) in [6, 6.07) is 1.52. The van der Waals surface area contributed by atoms with Gasteiger partial charge in [0.15, 0.2) is 0 Å². The minimum absolute atomic E-state index is 0.156. The zero-order chi connectivity index (χ0) is 12.1. The van der Waals surface area contributed by atoms with Crippen molar-refractivity contribution in [1.82, 2.24) is 15.3 Å². The first-order valence-corrected chi connectivity index (χ1v) is 5.48. The maximum atomic E-state index is 12.1. The third kappa shape index (κ3) is 2.48. The maximum absolute atomic E-state index is 12.1. The van der Waals surface area contributed by atoms with E-state index >= 15 is 0 Å². The van der Waals surface area contributed by atoms with Gasteiger partial charge in [-0.05, 0) is 25.3 Å². The van der Waals surface area contributed by atoms with Crippen molar-refractivity contribution in [3.63, 3.8) is 0 Å². The van der Waals surface area contributed by atoms with Crippen molar-refractivity contribution < 1.29 is 4.79 Å². The van der Waals surface area contributed by atoms with Gasteiger partial charge in [0.05, 0.1) is 6.57 Å². The van der Waals surface area contributed by atoms with Crippen LogP contribution in [0.5, 0.6) is 0 Å². The predicted molar refractivity (Wildman–Crippen MR) is 61.8 cm³/mol. The summed E-state index contributed by atoms with van der Waals surface area (Å²) < 4.78 is 0. The number of nitrogens with one attached hydrogen (secondary N) is 1. The SMILES string of the molecule is [C-]#[N+]/C(C(=O)c1ccncn1)=C1\CCCCN1. The number of Topliss-reactive ketones (excluding diaryl/α,β-unsaturated/α-hetero) is 1. The number of carbonyl (C=O) groups is 1. The number of rotatable bonds is 2. The lowest BCUT2D eigenvalue weighted by molar-refractivity contribution is 0.103. The zero-order valence-electron chi connectivity index (χ0n) is 9.31. The van der Waals surface area contributed by atoms with E-state index in [0.717, 1.165) is 31.5 Å². The summed E-state index contributed by atoms with van der Waals surface area (Å²) in [5, 5.41) is 3.12. The van der Waals surface area contributed by atoms with Gasteiger partial charge in [0.25, 0.3) is 5.70 Å². The molecule has 2 rings (SSSR count). The standard InChI is InChI=1S/C12H12N4O/c1-13-11(9-4-2-3-6-15-9)12(17)10-5-7-14-8-16-10/h5,7-8,15H,2-4,6H2/b11-9+. The fourth-order valence-corrected chi connectivity index (χ4v) is 1.76. The van der Waals surface area contributed by atoms with Crippen molar-refractivity contribution in [3.05, 3.63) is 47.1 Å². The number of nitrogens with zero attached hydrogens (tertiary/aromatic N) is 3. The van der Waals surface area contributed by atoms with Gasteiger partial charge in [-0.3, -0.25) is 0 Å². The Balaban J connectivity index is 2.31. The summed E-state index contributed by atoms with van der Waals surface area (Å²) in [5.74, 6) is -0.327. The quantitative estimate of drug-likeness (QED) is 0.474. The molecule has 1 aromatic heterocycles. The second-order valence-corrected chi connectivity index (χ2v) is 3.75. The van der Waals surface area contributed by atoms with E-state index in [1.165, 1.54) is 18.6 Å². The Morgan fingerprint density at radius 3 is 2.94 bits per heavy atom. The van der Waals surface area contributed by atoms with Crippen molar-refractivity contribution in [1.29, 1.82) is 0 Å². The highest BCUT2D eigenvalue weighted by Crippen LogP contribution is 2.18. The van der Waals surface area contributed by atoms with Crippen LogP contribution in [0.3, 0.4) is 0 Å². The first-order valence-electron chi connectivity index (χ1n) is 5.48. The number of piperidine rings is 1. The molecule has 1 aliphatic rings. The summed E-state index contributed by atoms with van der Waals surface area (Å²) in [5.41, 5.74) is 1.17. The largest absolute Gasteiger partial charge is 0.397 e. The Bertz CT molecular complexity index is 479. The van der Waals surface area contributed by atoms with E-state index in [4.69, 9.17) is 6.57 Å². The molecule has 5 nitrogen and oxygen atoms in total. The van der Waals surface area contributed by atoms with Crippen LogP contribution in [0.2, 0.25) is 0 Å². The van der Waals surface area contributed by atoms with E-state index in [2.05, 4.69) is 20.1 Å². The summed E-state index contributed by atoms with van der Waals surface area (Å²) >= 11 is 0. The van der Waals surface area contributed by atoms with Crippen LogP contribution in [0.1, 0.15) is 29.8 Å². The van der Waals surface area contributed by atoms with Gasteiger partial charge in [0.2, 0.25) is 5.78 Å². The molecule has 17 heavy (non-hydrogen) atoms. The fourth-order valence-electron chi connectivity index (χ4n) is 1.76. The Kier molecular flexibility index (Phi) is 3.46. The molecule has 2 heterocycles. The topological polar surface area (TPSA) is 59.2 Å². The van der Waals surface area contributed by atoms with Gasteiger partial charge in [0.1, 0.15) is 12.0 Å². The van der Waals surface area contributed by atoms with Gasteiger partial charge in [-0.2, -0.15) is 0 Å². The van der Waals surface area contributed by atoms with E-state index in [0.29, 0.717) is 0 Å². The van der Waals surface area contributed by atoms with E-state index in [1.807, 2.05) is 0 Å². The molecule has 0 amide bonds. The average Bonchev–Trinajstić information content (AvgIpc) is 2.42. The molecule has 1 aromatic rings. The second-order valence-electron chi connectivity index (χ2n) is 3.75. The highest BCUT2D eigenvalue weighted by molar-refractivity contribution is 6.09. The number of hydrogen-bond donors (Lipinski definition) is 1. The summed E-state index contributed by atoms with van der Waals surface area (Å²) in [4.78, 5) is 23.0. The molecule has 1 saturated heterocycles. The van der Waals surface area contributed by atoms with Crippen LogP contribution in [0.25, 0.3) is 4.85 Å². The Labute approximate surface area is 99.4 Å². The molecule has 0 unspecified atom stereocenters. The molecule has 0 radical (unpaired) electrons. The molecule has 1 aliphatic heterocycles. The maximum Gasteiger partial charge on any atom is 0.253 e. The smallest absolute Gasteiger partial charge is 0.253 e. The van der Waals surface area contributed by atoms with Crippen molar-refractivity contribution in [2.75, 3.05) is 6.54 Å². The van der Waals surface area contributed by atoms with Gasteiger partial charge in [-0.25, -0.2) is 14.8 Å². The predicted octanol–water partition coefficient (Wildman–Crippen LogP) is 1.56. The van der Waals surface area contributed by atoms with Crippen LogP contribution in [-0.4, -0.2) is 22.3 Å². The van der Waals surface area contributed by atoms with Crippen LogP contribution < -0.4 is 5.32 Å². The van der Waals surface area contributed by atoms with Gasteiger partial charge in [-0.15, -0.1) is 0 Å². The normalized spacial score (nSPS) is 17.8. The summed E-state index contributed by atoms with van der Waals surface area (Å²) in [7, 11) is 0. The molecule has 1 fully saturated rings. The molecule has 0 saturated carbocycles. The third-order valence-electron chi connectivity index (χ3n) is 2.62. The lowest BCUT2D eigenvalue weighted by Gasteiger charge is -2.17. The second kappa shape index (κ2) is 5.21. The Hall–Kier alpha value is -2.22. The van der Waals surface area contributed by atoms with Crippen LogP contribution >= 0.6 is 0 Å². The van der Waals surface area contributed by atoms with Crippen molar-refractivity contribution in [2.45, 2.75) is 19.3 Å². The lowest BCUT2D eigenvalue weighted by Crippen LogP contribution is -2.23. The molecule has 86 valence electrons. The summed E-state index contributed by atoms with van der Waals surface area (Å²) in [6.45, 7) is 7.96. The highest BCUT2D eigenvalue weighted by atomic mass is 16.1. The van der Waals surface area contributed by atoms with Gasteiger partial charge < -0.3 is 10.1 Å². The molecule has 1 N–H and O–H groups in total. The highest BCUT2D eigenvalue weighted by Gasteiger charge is 2.20. The number of aromatic nitrogens is 2. The first kappa shape index (κ1) is 11.3. The van der Waals surface area contributed by atoms with Gasteiger partial charge >= 0.3 is 0 Å². The first-order chi connectivity index (χ1) is 8.33. The van der Waals surface area contributed by atoms with Crippen molar-refractivity contribution in [3.8, 4) is 0 Å². The minimum Gasteiger partial charge on any atom is -0.397 e. The Morgan fingerprint density at radius 2 is 2.35 bits per heavy atom. The summed E-state index contributed by atoms with van der Waals surface area (Å²) in [6.07, 6.45) is 5.66. The van der Waals surface area contributed by atoms with Gasteiger partial charge in [0, 0.05) is 18.4 Å². The molecule has 0 aromatic carbocycles. The van der Waals surface area contributed by atoms with Crippen LogP contribution in [-0.2, 0) is 0 Å². The fraction of sp³-hybridized carbons (Fsp3) is 0.333. The molecule has 0 atom stereocenters. The van der Waals surface area contributed by atoms with E-state index in [1.54, 1.807) is 0 Å². The molecular weight excluding hydrogens is 216 g/mol. The number of hydrogen-bond acceptors (Lipinski definition) is 4. The van der Waals surface area contributed by atoms with Crippen LogP contribution in [0.15, 0.2) is 30.0 Å². The van der Waals surface area contributed by atoms with Crippen LogP contribution in [0.4, 0.5) is 0 Å². The molecule has 0 bridgehead atoms. The monoisotopic (exact) mass is 228 g/mol. The minimum atomic E-state index is -0.327. The molecule has 5 heteroatoms. The number of ketones is 1. The number of allylic oxidation sites excluding steroid dienone is 2. The van der Waals surface area contributed by atoms with E-state index in [9.17, 15) is 4.79 Å². The van der Waals surface area contributed by atoms with Crippen molar-refractivity contribution >= 4 is 5.78 Å². The van der Waals surface area contributed by atoms with E-state index in [-0.39, 0.29) is 17.2 Å². The lowest BCUT2D eigenvalue weighted by atomic mass is 10.1. The van der Waals surface area contributed by atoms with Crippen molar-refractivity contribution in [2.24, 2.45) is 0 Å². The zero-order valence-corrected chi connectivity index (χ0v) is 9.31.